The SMILES string of the molecule is CCCCn1c(CNC(=O)c2ccc(C)c([N+](=O)[O-])c2)nnc1SCC(=O)Nc1sc2c(c1C(=O)OCC)CCCCC2. The van der Waals surface area contributed by atoms with E-state index in [0.717, 1.165) is 55.4 Å². The molecule has 0 unspecified atom stereocenters. The van der Waals surface area contributed by atoms with Gasteiger partial charge in [-0.2, -0.15) is 0 Å². The molecule has 14 heteroatoms. The van der Waals surface area contributed by atoms with Gasteiger partial charge in [0.1, 0.15) is 5.00 Å². The highest BCUT2D eigenvalue weighted by atomic mass is 32.2. The van der Waals surface area contributed by atoms with Crippen molar-refractivity contribution >= 4 is 51.6 Å². The summed E-state index contributed by atoms with van der Waals surface area (Å²) < 4.78 is 7.19. The number of anilines is 1. The number of nitro benzene ring substituents is 1. The van der Waals surface area contributed by atoms with Gasteiger partial charge in [-0.15, -0.1) is 21.5 Å². The van der Waals surface area contributed by atoms with Crippen molar-refractivity contribution in [3.8, 4) is 0 Å². The van der Waals surface area contributed by atoms with Crippen molar-refractivity contribution in [2.24, 2.45) is 0 Å². The van der Waals surface area contributed by atoms with Gasteiger partial charge >= 0.3 is 5.97 Å². The number of aromatic nitrogens is 3. The Morgan fingerprint density at radius 2 is 1.95 bits per heavy atom. The zero-order chi connectivity index (χ0) is 30.9. The number of nitrogens with zero attached hydrogens (tertiary/aromatic N) is 4. The third kappa shape index (κ3) is 7.99. The van der Waals surface area contributed by atoms with E-state index in [1.807, 2.05) is 4.57 Å². The number of thioether (sulfide) groups is 1. The quantitative estimate of drug-likeness (QED) is 0.0824. The first kappa shape index (κ1) is 32.1. The molecule has 3 aromatic rings. The molecule has 2 heterocycles. The zero-order valence-corrected chi connectivity index (χ0v) is 26.2. The molecule has 4 rings (SSSR count). The average molecular weight is 629 g/mol. The van der Waals surface area contributed by atoms with E-state index in [4.69, 9.17) is 4.74 Å². The molecule has 2 amide bonds. The zero-order valence-electron chi connectivity index (χ0n) is 24.6. The summed E-state index contributed by atoms with van der Waals surface area (Å²) in [5.41, 5.74) is 2.00. The van der Waals surface area contributed by atoms with Gasteiger partial charge in [0.05, 0.1) is 29.4 Å². The number of nitro groups is 1. The molecular formula is C29H36N6O6S2. The Hall–Kier alpha value is -3.78. The number of unbranched alkanes of at least 4 members (excludes halogenated alkanes) is 1. The number of thiophene rings is 1. The number of ether oxygens (including phenoxy) is 1. The Bertz CT molecular complexity index is 1500. The fraction of sp³-hybridized carbons (Fsp3) is 0.483. The second-order valence-corrected chi connectivity index (χ2v) is 12.2. The van der Waals surface area contributed by atoms with Gasteiger partial charge in [-0.3, -0.25) is 19.7 Å². The second kappa shape index (κ2) is 15.1. The normalized spacial score (nSPS) is 12.7. The number of rotatable bonds is 13. The summed E-state index contributed by atoms with van der Waals surface area (Å²) in [6.07, 6.45) is 6.61. The highest BCUT2D eigenvalue weighted by Gasteiger charge is 2.27. The number of carbonyl (C=O) groups excluding carboxylic acids is 3. The summed E-state index contributed by atoms with van der Waals surface area (Å²) in [5.74, 6) is -0.579. The number of benzene rings is 1. The average Bonchev–Trinajstić information content (AvgIpc) is 3.44. The smallest absolute Gasteiger partial charge is 0.341 e. The van der Waals surface area contributed by atoms with Crippen LogP contribution in [-0.2, 0) is 35.5 Å². The lowest BCUT2D eigenvalue weighted by Gasteiger charge is -2.11. The van der Waals surface area contributed by atoms with Crippen LogP contribution in [0.5, 0.6) is 0 Å². The predicted octanol–water partition coefficient (Wildman–Crippen LogP) is 5.46. The molecule has 0 saturated heterocycles. The molecule has 0 spiro atoms. The van der Waals surface area contributed by atoms with Gasteiger partial charge < -0.3 is 19.9 Å². The number of nitrogens with one attached hydrogen (secondary N) is 2. The van der Waals surface area contributed by atoms with E-state index in [-0.39, 0.29) is 36.1 Å². The number of amides is 2. The van der Waals surface area contributed by atoms with E-state index in [2.05, 4.69) is 27.8 Å². The minimum atomic E-state index is -0.515. The molecule has 0 fully saturated rings. The molecule has 0 radical (unpaired) electrons. The summed E-state index contributed by atoms with van der Waals surface area (Å²) in [6.45, 7) is 6.35. The molecule has 1 aliphatic rings. The van der Waals surface area contributed by atoms with Gasteiger partial charge in [0.2, 0.25) is 5.91 Å². The van der Waals surface area contributed by atoms with Crippen LogP contribution in [0.3, 0.4) is 0 Å². The molecule has 12 nitrogen and oxygen atoms in total. The highest BCUT2D eigenvalue weighted by Crippen LogP contribution is 2.38. The van der Waals surface area contributed by atoms with Gasteiger partial charge in [0, 0.05) is 28.6 Å². The van der Waals surface area contributed by atoms with E-state index in [0.29, 0.717) is 33.7 Å². The maximum Gasteiger partial charge on any atom is 0.341 e. The Morgan fingerprint density at radius 3 is 2.70 bits per heavy atom. The summed E-state index contributed by atoms with van der Waals surface area (Å²) in [5, 5.41) is 26.5. The van der Waals surface area contributed by atoms with E-state index in [9.17, 15) is 24.5 Å². The van der Waals surface area contributed by atoms with Crippen LogP contribution in [0.1, 0.15) is 88.5 Å². The third-order valence-corrected chi connectivity index (χ3v) is 9.26. The lowest BCUT2D eigenvalue weighted by atomic mass is 10.1. The van der Waals surface area contributed by atoms with Crippen LogP contribution in [0.25, 0.3) is 0 Å². The van der Waals surface area contributed by atoms with Crippen molar-refractivity contribution < 1.29 is 24.0 Å². The Morgan fingerprint density at radius 1 is 1.16 bits per heavy atom. The van der Waals surface area contributed by atoms with Gasteiger partial charge in [-0.05, 0) is 57.6 Å². The molecule has 2 aromatic heterocycles. The molecule has 0 saturated carbocycles. The van der Waals surface area contributed by atoms with Crippen LogP contribution < -0.4 is 10.6 Å². The van der Waals surface area contributed by atoms with Crippen molar-refractivity contribution in [1.82, 2.24) is 20.1 Å². The lowest BCUT2D eigenvalue weighted by molar-refractivity contribution is -0.385. The van der Waals surface area contributed by atoms with Crippen molar-refractivity contribution in [2.45, 2.75) is 84.0 Å². The van der Waals surface area contributed by atoms with E-state index in [1.165, 1.54) is 35.2 Å². The van der Waals surface area contributed by atoms with Gasteiger partial charge in [0.15, 0.2) is 11.0 Å². The summed E-state index contributed by atoms with van der Waals surface area (Å²) in [6, 6.07) is 4.34. The van der Waals surface area contributed by atoms with Gasteiger partial charge in [-0.25, -0.2) is 4.79 Å². The fourth-order valence-electron chi connectivity index (χ4n) is 4.85. The first-order valence-corrected chi connectivity index (χ1v) is 16.2. The van der Waals surface area contributed by atoms with Crippen molar-refractivity contribution in [1.29, 1.82) is 0 Å². The molecular weight excluding hydrogens is 592 g/mol. The fourth-order valence-corrected chi connectivity index (χ4v) is 6.93. The standard InChI is InChI=1S/C29H36N6O6S2/c1-4-6-14-34-23(16-30-26(37)19-13-12-18(3)21(15-19)35(39)40)32-33-29(34)42-17-24(36)31-27-25(28(38)41-5-2)20-10-8-7-9-11-22(20)43-27/h12-13,15H,4-11,14,16-17H2,1-3H3,(H,30,37)(H,31,36). The Kier molecular flexibility index (Phi) is 11.3. The van der Waals surface area contributed by atoms with Crippen LogP contribution in [0, 0.1) is 17.0 Å². The second-order valence-electron chi connectivity index (χ2n) is 10.2. The maximum absolute atomic E-state index is 13.1. The summed E-state index contributed by atoms with van der Waals surface area (Å²) >= 11 is 2.68. The number of aryl methyl sites for hydroxylation is 2. The minimum Gasteiger partial charge on any atom is -0.462 e. The number of esters is 1. The van der Waals surface area contributed by atoms with Gasteiger partial charge in [0.25, 0.3) is 11.6 Å². The molecule has 1 aliphatic carbocycles. The molecule has 0 bridgehead atoms. The molecule has 230 valence electrons. The van der Waals surface area contributed by atoms with Gasteiger partial charge in [-0.1, -0.05) is 37.6 Å². The highest BCUT2D eigenvalue weighted by molar-refractivity contribution is 7.99. The van der Waals surface area contributed by atoms with Crippen LogP contribution in [0.4, 0.5) is 10.7 Å². The number of hydrogen-bond acceptors (Lipinski definition) is 10. The van der Waals surface area contributed by atoms with E-state index in [1.54, 1.807) is 19.9 Å². The predicted molar refractivity (Wildman–Crippen MR) is 165 cm³/mol. The molecule has 2 N–H and O–H groups in total. The van der Waals surface area contributed by atoms with E-state index < -0.39 is 16.8 Å². The number of carbonyl (C=O) groups is 3. The minimum absolute atomic E-state index is 0.0501. The molecule has 43 heavy (non-hydrogen) atoms. The largest absolute Gasteiger partial charge is 0.462 e. The van der Waals surface area contributed by atoms with Crippen LogP contribution in [-0.4, -0.2) is 49.8 Å². The molecule has 1 aromatic carbocycles. The van der Waals surface area contributed by atoms with E-state index >= 15 is 0 Å². The van der Waals surface area contributed by atoms with Crippen molar-refractivity contribution in [2.75, 3.05) is 17.7 Å². The Balaban J connectivity index is 1.44. The maximum atomic E-state index is 13.1. The van der Waals surface area contributed by atoms with Crippen LogP contribution >= 0.6 is 23.1 Å². The summed E-state index contributed by atoms with van der Waals surface area (Å²) in [7, 11) is 0. The van der Waals surface area contributed by atoms with Crippen LogP contribution in [0.15, 0.2) is 23.4 Å². The Labute approximate surface area is 258 Å². The lowest BCUT2D eigenvalue weighted by Crippen LogP contribution is -2.25. The monoisotopic (exact) mass is 628 g/mol. The first-order valence-electron chi connectivity index (χ1n) is 14.4. The number of hydrogen-bond donors (Lipinski definition) is 2. The summed E-state index contributed by atoms with van der Waals surface area (Å²) in [4.78, 5) is 50.5. The third-order valence-electron chi connectivity index (χ3n) is 7.09. The van der Waals surface area contributed by atoms with Crippen molar-refractivity contribution in [3.05, 3.63) is 61.3 Å². The van der Waals surface area contributed by atoms with Crippen LogP contribution in [0.2, 0.25) is 0 Å². The number of fused-ring (bicyclic) bond motifs is 1. The van der Waals surface area contributed by atoms with Crippen molar-refractivity contribution in [3.63, 3.8) is 0 Å². The topological polar surface area (TPSA) is 158 Å². The molecule has 0 atom stereocenters. The first-order chi connectivity index (χ1) is 20.7. The molecule has 0 aliphatic heterocycles.